The van der Waals surface area contributed by atoms with Crippen molar-refractivity contribution >= 4 is 12.0 Å². The lowest BCUT2D eigenvalue weighted by molar-refractivity contribution is -0.137. The number of carbonyl (C=O) groups excluding carboxylic acids is 1. The second-order valence-corrected chi connectivity index (χ2v) is 5.05. The molecule has 1 aliphatic rings. The van der Waals surface area contributed by atoms with Crippen LogP contribution in [0.25, 0.3) is 0 Å². The molecule has 1 unspecified atom stereocenters. The quantitative estimate of drug-likeness (QED) is 0.741. The largest absolute Gasteiger partial charge is 0.480 e. The SMILES string of the molecule is CN1C(=O)N(CC(=O)O)CC1C(C)(C)C. The van der Waals surface area contributed by atoms with Gasteiger partial charge in [0.1, 0.15) is 6.54 Å². The van der Waals surface area contributed by atoms with Crippen molar-refractivity contribution in [2.75, 3.05) is 20.1 Å². The molecule has 5 nitrogen and oxygen atoms in total. The van der Waals surface area contributed by atoms with Crippen molar-refractivity contribution in [2.45, 2.75) is 26.8 Å². The van der Waals surface area contributed by atoms with Gasteiger partial charge in [-0.2, -0.15) is 0 Å². The first-order valence-electron chi connectivity index (χ1n) is 4.97. The number of urea groups is 1. The third-order valence-electron chi connectivity index (χ3n) is 2.76. The van der Waals surface area contributed by atoms with E-state index in [1.54, 1.807) is 11.9 Å². The highest BCUT2D eigenvalue weighted by atomic mass is 16.4. The molecule has 0 saturated carbocycles. The Kier molecular flexibility index (Phi) is 2.93. The molecule has 1 rings (SSSR count). The van der Waals surface area contributed by atoms with Crippen molar-refractivity contribution in [3.8, 4) is 0 Å². The van der Waals surface area contributed by atoms with Crippen LogP contribution in [-0.2, 0) is 4.79 Å². The van der Waals surface area contributed by atoms with Crippen LogP contribution >= 0.6 is 0 Å². The van der Waals surface area contributed by atoms with E-state index in [9.17, 15) is 9.59 Å². The maximum absolute atomic E-state index is 11.7. The van der Waals surface area contributed by atoms with Crippen LogP contribution in [0.1, 0.15) is 20.8 Å². The summed E-state index contributed by atoms with van der Waals surface area (Å²) in [5.74, 6) is -0.966. The van der Waals surface area contributed by atoms with Crippen molar-refractivity contribution in [1.82, 2.24) is 9.80 Å². The average Bonchev–Trinajstić information content (AvgIpc) is 2.30. The molecule has 1 N–H and O–H groups in total. The summed E-state index contributed by atoms with van der Waals surface area (Å²) >= 11 is 0. The lowest BCUT2D eigenvalue weighted by Gasteiger charge is -2.30. The molecule has 5 heteroatoms. The van der Waals surface area contributed by atoms with E-state index in [0.717, 1.165) is 0 Å². The van der Waals surface area contributed by atoms with Crippen LogP contribution in [0.2, 0.25) is 0 Å². The molecule has 1 heterocycles. The average molecular weight is 214 g/mol. The molecule has 1 saturated heterocycles. The van der Waals surface area contributed by atoms with Crippen LogP contribution in [0, 0.1) is 5.41 Å². The minimum atomic E-state index is -0.966. The fraction of sp³-hybridized carbons (Fsp3) is 0.800. The molecule has 0 spiro atoms. The van der Waals surface area contributed by atoms with Crippen molar-refractivity contribution < 1.29 is 14.7 Å². The summed E-state index contributed by atoms with van der Waals surface area (Å²) in [4.78, 5) is 25.2. The van der Waals surface area contributed by atoms with E-state index in [4.69, 9.17) is 5.11 Å². The molecule has 1 aliphatic heterocycles. The predicted molar refractivity (Wildman–Crippen MR) is 55.6 cm³/mol. The fourth-order valence-electron chi connectivity index (χ4n) is 1.92. The monoisotopic (exact) mass is 214 g/mol. The molecule has 0 aromatic carbocycles. The Morgan fingerprint density at radius 3 is 2.40 bits per heavy atom. The lowest BCUT2D eigenvalue weighted by atomic mass is 9.86. The zero-order chi connectivity index (χ0) is 11.8. The van der Waals surface area contributed by atoms with E-state index in [1.807, 2.05) is 20.8 Å². The molecule has 0 bridgehead atoms. The van der Waals surface area contributed by atoms with Crippen molar-refractivity contribution in [2.24, 2.45) is 5.41 Å². The standard InChI is InChI=1S/C10H18N2O3/c1-10(2,3)7-5-12(6-8(13)14)9(15)11(7)4/h7H,5-6H2,1-4H3,(H,13,14). The Labute approximate surface area is 89.7 Å². The number of likely N-dealkylation sites (N-methyl/N-ethyl adjacent to an activating group) is 1. The fourth-order valence-corrected chi connectivity index (χ4v) is 1.92. The number of aliphatic carboxylic acids is 1. The number of nitrogens with zero attached hydrogens (tertiary/aromatic N) is 2. The van der Waals surface area contributed by atoms with E-state index in [0.29, 0.717) is 6.54 Å². The second kappa shape index (κ2) is 3.72. The topological polar surface area (TPSA) is 60.9 Å². The van der Waals surface area contributed by atoms with Gasteiger partial charge in [-0.25, -0.2) is 4.79 Å². The molecule has 1 fully saturated rings. The first kappa shape index (κ1) is 11.8. The number of amides is 2. The molecular formula is C10H18N2O3. The zero-order valence-electron chi connectivity index (χ0n) is 9.65. The summed E-state index contributed by atoms with van der Waals surface area (Å²) in [5, 5.41) is 8.65. The van der Waals surface area contributed by atoms with Gasteiger partial charge in [-0.3, -0.25) is 4.79 Å². The molecule has 0 aliphatic carbocycles. The van der Waals surface area contributed by atoms with E-state index < -0.39 is 5.97 Å². The Morgan fingerprint density at radius 1 is 1.53 bits per heavy atom. The van der Waals surface area contributed by atoms with Crippen LogP contribution < -0.4 is 0 Å². The Hall–Kier alpha value is -1.26. The smallest absolute Gasteiger partial charge is 0.323 e. The predicted octanol–water partition coefficient (Wildman–Crippen LogP) is 0.853. The molecule has 1 atom stereocenters. The van der Waals surface area contributed by atoms with Crippen LogP contribution in [0.3, 0.4) is 0 Å². The van der Waals surface area contributed by atoms with Crippen LogP contribution in [0.4, 0.5) is 4.79 Å². The summed E-state index contributed by atoms with van der Waals surface area (Å²) < 4.78 is 0. The summed E-state index contributed by atoms with van der Waals surface area (Å²) in [5.41, 5.74) is -0.0301. The van der Waals surface area contributed by atoms with Crippen molar-refractivity contribution in [3.63, 3.8) is 0 Å². The van der Waals surface area contributed by atoms with E-state index in [1.165, 1.54) is 4.90 Å². The van der Waals surface area contributed by atoms with E-state index in [-0.39, 0.29) is 24.0 Å². The van der Waals surface area contributed by atoms with Gasteiger partial charge in [0.2, 0.25) is 0 Å². The lowest BCUT2D eigenvalue weighted by Crippen LogP contribution is -2.39. The minimum Gasteiger partial charge on any atom is -0.480 e. The van der Waals surface area contributed by atoms with Crippen LogP contribution in [-0.4, -0.2) is 53.1 Å². The number of hydrogen-bond donors (Lipinski definition) is 1. The highest BCUT2D eigenvalue weighted by Gasteiger charge is 2.41. The third-order valence-corrected chi connectivity index (χ3v) is 2.76. The number of carboxylic acid groups (broad SMARTS) is 1. The van der Waals surface area contributed by atoms with Crippen LogP contribution in [0.5, 0.6) is 0 Å². The van der Waals surface area contributed by atoms with Gasteiger partial charge in [0.15, 0.2) is 0 Å². The van der Waals surface area contributed by atoms with Crippen molar-refractivity contribution in [3.05, 3.63) is 0 Å². The van der Waals surface area contributed by atoms with Crippen LogP contribution in [0.15, 0.2) is 0 Å². The first-order chi connectivity index (χ1) is 6.73. The summed E-state index contributed by atoms with van der Waals surface area (Å²) in [6.45, 7) is 6.42. The third kappa shape index (κ3) is 2.40. The first-order valence-corrected chi connectivity index (χ1v) is 4.97. The maximum Gasteiger partial charge on any atom is 0.323 e. The van der Waals surface area contributed by atoms with Gasteiger partial charge >= 0.3 is 12.0 Å². The Morgan fingerprint density at radius 2 is 2.07 bits per heavy atom. The summed E-state index contributed by atoms with van der Waals surface area (Å²) in [7, 11) is 1.72. The van der Waals surface area contributed by atoms with Gasteiger partial charge in [-0.15, -0.1) is 0 Å². The number of rotatable bonds is 2. The summed E-state index contributed by atoms with van der Waals surface area (Å²) in [6, 6.07) is -0.123. The van der Waals surface area contributed by atoms with Gasteiger partial charge in [0.25, 0.3) is 0 Å². The second-order valence-electron chi connectivity index (χ2n) is 5.05. The van der Waals surface area contributed by atoms with Gasteiger partial charge in [-0.05, 0) is 5.41 Å². The molecule has 15 heavy (non-hydrogen) atoms. The van der Waals surface area contributed by atoms with Gasteiger partial charge in [0.05, 0.1) is 6.04 Å². The van der Waals surface area contributed by atoms with E-state index >= 15 is 0 Å². The maximum atomic E-state index is 11.7. The summed E-state index contributed by atoms with van der Waals surface area (Å²) in [6.07, 6.45) is 0. The minimum absolute atomic E-state index is 0.0301. The molecule has 0 aromatic rings. The highest BCUT2D eigenvalue weighted by molar-refractivity contribution is 5.82. The molecule has 0 radical (unpaired) electrons. The number of carboxylic acids is 1. The Bertz CT molecular complexity index is 283. The molecular weight excluding hydrogens is 196 g/mol. The van der Waals surface area contributed by atoms with E-state index in [2.05, 4.69) is 0 Å². The highest BCUT2D eigenvalue weighted by Crippen LogP contribution is 2.29. The zero-order valence-corrected chi connectivity index (χ0v) is 9.65. The number of hydrogen-bond acceptors (Lipinski definition) is 2. The Balaban J connectivity index is 2.76. The van der Waals surface area contributed by atoms with Gasteiger partial charge < -0.3 is 14.9 Å². The number of carbonyl (C=O) groups is 2. The molecule has 86 valence electrons. The normalized spacial score (nSPS) is 22.4. The van der Waals surface area contributed by atoms with Gasteiger partial charge in [-0.1, -0.05) is 20.8 Å². The van der Waals surface area contributed by atoms with Crippen molar-refractivity contribution in [1.29, 1.82) is 0 Å². The van der Waals surface area contributed by atoms with Gasteiger partial charge in [0, 0.05) is 13.6 Å². The molecule has 2 amide bonds. The molecule has 0 aromatic heterocycles.